The molecule has 3 unspecified atom stereocenters. The molecule has 0 fully saturated rings. The van der Waals surface area contributed by atoms with Crippen LogP contribution in [-0.2, 0) is 14.3 Å². The first-order valence-electron chi connectivity index (χ1n) is 20.3. The quantitative estimate of drug-likeness (QED) is 0.0462. The highest BCUT2D eigenvalue weighted by Gasteiger charge is 2.24. The number of ether oxygens (including phenoxy) is 1. The molecule has 3 atom stereocenters. The van der Waals surface area contributed by atoms with Crippen molar-refractivity contribution < 1.29 is 24.5 Å². The Morgan fingerprint density at radius 1 is 0.543 bits per heavy atom. The highest BCUT2D eigenvalue weighted by Crippen LogP contribution is 2.17. The lowest BCUT2D eigenvalue weighted by Gasteiger charge is -2.24. The second kappa shape index (κ2) is 35.2. The van der Waals surface area contributed by atoms with Gasteiger partial charge in [0.1, 0.15) is 6.10 Å². The molecule has 6 nitrogen and oxygen atoms in total. The molecule has 274 valence electrons. The molecule has 0 spiro atoms. The van der Waals surface area contributed by atoms with Crippen LogP contribution in [-0.4, -0.2) is 46.9 Å². The first-order valence-corrected chi connectivity index (χ1v) is 20.3. The minimum absolute atomic E-state index is 0.0848. The topological polar surface area (TPSA) is 95.9 Å². The van der Waals surface area contributed by atoms with Gasteiger partial charge >= 0.3 is 5.97 Å². The molecule has 0 heterocycles. The predicted octanol–water partition coefficient (Wildman–Crippen LogP) is 10.9. The van der Waals surface area contributed by atoms with Gasteiger partial charge in [-0.3, -0.25) is 9.59 Å². The van der Waals surface area contributed by atoms with E-state index in [0.717, 1.165) is 44.9 Å². The fraction of sp³-hybridized carbons (Fsp3) is 0.950. The number of carbonyl (C=O) groups excluding carboxylic acids is 2. The molecule has 0 rings (SSSR count). The van der Waals surface area contributed by atoms with Crippen LogP contribution in [0.25, 0.3) is 0 Å². The maximum Gasteiger partial charge on any atom is 0.306 e. The summed E-state index contributed by atoms with van der Waals surface area (Å²) in [5.74, 6) is -0.471. The summed E-state index contributed by atoms with van der Waals surface area (Å²) in [6, 6.07) is -0.687. The fourth-order valence-electron chi connectivity index (χ4n) is 6.31. The van der Waals surface area contributed by atoms with Gasteiger partial charge in [0.05, 0.1) is 25.2 Å². The molecule has 6 heteroatoms. The molecule has 0 radical (unpaired) electrons. The number of unbranched alkanes of at least 4 members (excludes halogenated alkanes) is 24. The molecule has 0 aliphatic heterocycles. The zero-order valence-electron chi connectivity index (χ0n) is 31.0. The van der Waals surface area contributed by atoms with Gasteiger partial charge in [-0.15, -0.1) is 0 Å². The zero-order chi connectivity index (χ0) is 33.9. The van der Waals surface area contributed by atoms with Crippen molar-refractivity contribution >= 4 is 11.9 Å². The summed E-state index contributed by atoms with van der Waals surface area (Å²) in [5, 5.41) is 23.4. The van der Waals surface area contributed by atoms with Crippen molar-refractivity contribution in [2.45, 2.75) is 238 Å². The second-order valence-corrected chi connectivity index (χ2v) is 14.1. The number of rotatable bonds is 36. The Kier molecular flexibility index (Phi) is 34.3. The number of esters is 1. The molecule has 0 aromatic carbocycles. The summed E-state index contributed by atoms with van der Waals surface area (Å²) in [5.41, 5.74) is 0. The van der Waals surface area contributed by atoms with Crippen LogP contribution in [0.5, 0.6) is 0 Å². The Morgan fingerprint density at radius 2 is 0.913 bits per heavy atom. The van der Waals surface area contributed by atoms with E-state index >= 15 is 0 Å². The molecular weight excluding hydrogens is 574 g/mol. The first-order chi connectivity index (χ1) is 22.5. The van der Waals surface area contributed by atoms with Crippen molar-refractivity contribution in [1.82, 2.24) is 5.32 Å². The average molecular weight is 654 g/mol. The van der Waals surface area contributed by atoms with Gasteiger partial charge in [-0.25, -0.2) is 0 Å². The van der Waals surface area contributed by atoms with Crippen LogP contribution in [0.4, 0.5) is 0 Å². The summed E-state index contributed by atoms with van der Waals surface area (Å²) in [6.07, 6.45) is 33.1. The van der Waals surface area contributed by atoms with Gasteiger partial charge in [0.25, 0.3) is 0 Å². The Bertz CT molecular complexity index is 658. The molecular formula is C40H79NO5. The molecule has 46 heavy (non-hydrogen) atoms. The van der Waals surface area contributed by atoms with Crippen molar-refractivity contribution in [2.75, 3.05) is 6.61 Å². The van der Waals surface area contributed by atoms with E-state index in [2.05, 4.69) is 26.1 Å². The lowest BCUT2D eigenvalue weighted by Crippen LogP contribution is -2.46. The standard InChI is InChI=1S/C40H79NO5/c1-4-7-10-13-16-19-21-23-26-29-32-38(43)37(35-42)41-39(44)34-36(31-28-25-22-18-15-12-9-6-3)46-40(45)33-30-27-24-20-17-14-11-8-5-2/h36-38,42-43H,4-35H2,1-3H3,(H,41,44). The van der Waals surface area contributed by atoms with E-state index in [-0.39, 0.29) is 24.9 Å². The van der Waals surface area contributed by atoms with Crippen molar-refractivity contribution in [3.05, 3.63) is 0 Å². The van der Waals surface area contributed by atoms with Crippen molar-refractivity contribution in [1.29, 1.82) is 0 Å². The van der Waals surface area contributed by atoms with E-state index in [0.29, 0.717) is 19.3 Å². The lowest BCUT2D eigenvalue weighted by molar-refractivity contribution is -0.151. The monoisotopic (exact) mass is 654 g/mol. The van der Waals surface area contributed by atoms with Gasteiger partial charge in [-0.2, -0.15) is 0 Å². The van der Waals surface area contributed by atoms with Crippen LogP contribution in [0.2, 0.25) is 0 Å². The number of nitrogens with one attached hydrogen (secondary N) is 1. The van der Waals surface area contributed by atoms with E-state index < -0.39 is 18.2 Å². The van der Waals surface area contributed by atoms with Crippen LogP contribution in [0.15, 0.2) is 0 Å². The third-order valence-electron chi connectivity index (χ3n) is 9.44. The fourth-order valence-corrected chi connectivity index (χ4v) is 6.31. The first kappa shape index (κ1) is 44.9. The Hall–Kier alpha value is -1.14. The summed E-state index contributed by atoms with van der Waals surface area (Å²) >= 11 is 0. The van der Waals surface area contributed by atoms with Crippen molar-refractivity contribution in [3.63, 3.8) is 0 Å². The smallest absolute Gasteiger partial charge is 0.306 e. The largest absolute Gasteiger partial charge is 0.462 e. The van der Waals surface area contributed by atoms with Crippen LogP contribution in [0.1, 0.15) is 220 Å². The van der Waals surface area contributed by atoms with Gasteiger partial charge < -0.3 is 20.3 Å². The number of hydrogen-bond acceptors (Lipinski definition) is 5. The molecule has 1 amide bonds. The van der Waals surface area contributed by atoms with E-state index in [4.69, 9.17) is 4.74 Å². The molecule has 3 N–H and O–H groups in total. The van der Waals surface area contributed by atoms with E-state index in [1.807, 2.05) is 0 Å². The minimum atomic E-state index is -0.775. The summed E-state index contributed by atoms with van der Waals surface area (Å²) in [6.45, 7) is 6.41. The molecule has 0 aliphatic carbocycles. The van der Waals surface area contributed by atoms with Crippen LogP contribution in [0.3, 0.4) is 0 Å². The Morgan fingerprint density at radius 3 is 1.33 bits per heavy atom. The average Bonchev–Trinajstić information content (AvgIpc) is 3.04. The highest BCUT2D eigenvalue weighted by molar-refractivity contribution is 5.77. The number of aliphatic hydroxyl groups excluding tert-OH is 2. The summed E-state index contributed by atoms with van der Waals surface area (Å²) in [7, 11) is 0. The third-order valence-corrected chi connectivity index (χ3v) is 9.44. The highest BCUT2D eigenvalue weighted by atomic mass is 16.5. The predicted molar refractivity (Wildman–Crippen MR) is 195 cm³/mol. The third kappa shape index (κ3) is 30.2. The molecule has 0 aromatic rings. The summed E-state index contributed by atoms with van der Waals surface area (Å²) in [4.78, 5) is 25.7. The van der Waals surface area contributed by atoms with Crippen LogP contribution >= 0.6 is 0 Å². The molecule has 0 bridgehead atoms. The number of aliphatic hydroxyl groups is 2. The minimum Gasteiger partial charge on any atom is -0.462 e. The van der Waals surface area contributed by atoms with Crippen LogP contribution in [0, 0.1) is 0 Å². The van der Waals surface area contributed by atoms with Gasteiger partial charge in [0.15, 0.2) is 0 Å². The van der Waals surface area contributed by atoms with Gasteiger partial charge in [-0.05, 0) is 25.7 Å². The zero-order valence-corrected chi connectivity index (χ0v) is 31.0. The van der Waals surface area contributed by atoms with Gasteiger partial charge in [0.2, 0.25) is 5.91 Å². The van der Waals surface area contributed by atoms with E-state index in [1.54, 1.807) is 0 Å². The Labute approximate surface area is 286 Å². The normalized spacial score (nSPS) is 13.4. The van der Waals surface area contributed by atoms with Crippen molar-refractivity contribution in [3.8, 4) is 0 Å². The maximum absolute atomic E-state index is 13.0. The number of hydrogen-bond donors (Lipinski definition) is 3. The molecule has 0 aliphatic rings. The van der Waals surface area contributed by atoms with Gasteiger partial charge in [-0.1, -0.05) is 181 Å². The van der Waals surface area contributed by atoms with Crippen LogP contribution < -0.4 is 5.32 Å². The molecule has 0 saturated carbocycles. The SMILES string of the molecule is CCCCCCCCCCCCC(O)C(CO)NC(=O)CC(CCCCCCCCCC)OC(=O)CCCCCCCCCCC. The van der Waals surface area contributed by atoms with E-state index in [9.17, 15) is 19.8 Å². The van der Waals surface area contributed by atoms with Crippen molar-refractivity contribution in [2.24, 2.45) is 0 Å². The summed E-state index contributed by atoms with van der Waals surface area (Å²) < 4.78 is 5.84. The molecule has 0 aromatic heterocycles. The lowest BCUT2D eigenvalue weighted by atomic mass is 10.0. The Balaban J connectivity index is 4.53. The van der Waals surface area contributed by atoms with E-state index in [1.165, 1.54) is 128 Å². The van der Waals surface area contributed by atoms with Gasteiger partial charge in [0, 0.05) is 6.42 Å². The second-order valence-electron chi connectivity index (χ2n) is 14.1. The number of carbonyl (C=O) groups is 2. The number of amides is 1. The molecule has 0 saturated heterocycles. The maximum atomic E-state index is 13.0.